The third kappa shape index (κ3) is 2.58. The van der Waals surface area contributed by atoms with Gasteiger partial charge in [-0.3, -0.25) is 4.79 Å². The molecule has 0 bridgehead atoms. The number of nitrogens with zero attached hydrogens (tertiary/aromatic N) is 3. The molecule has 0 N–H and O–H groups in total. The molecular weight excluding hydrogens is 306 g/mol. The zero-order valence-corrected chi connectivity index (χ0v) is 13.6. The first kappa shape index (κ1) is 14.9. The molecule has 6 heteroatoms. The smallest absolute Gasteiger partial charge is 0.316 e. The van der Waals surface area contributed by atoms with Gasteiger partial charge < -0.3 is 13.8 Å². The van der Waals surface area contributed by atoms with E-state index in [2.05, 4.69) is 10.1 Å². The second-order valence-corrected chi connectivity index (χ2v) is 6.18. The lowest BCUT2D eigenvalue weighted by molar-refractivity contribution is 0.0711. The summed E-state index contributed by atoms with van der Waals surface area (Å²) in [5.74, 6) is 0.716. The van der Waals surface area contributed by atoms with Gasteiger partial charge in [-0.2, -0.15) is 4.98 Å². The number of rotatable bonds is 2. The summed E-state index contributed by atoms with van der Waals surface area (Å²) in [6, 6.07) is 7.76. The third-order valence-corrected chi connectivity index (χ3v) is 4.55. The number of carbonyl (C=O) groups is 1. The van der Waals surface area contributed by atoms with E-state index < -0.39 is 0 Å². The fourth-order valence-corrected chi connectivity index (χ4v) is 3.20. The SMILES string of the molecule is Cc1c(-c2noc(C(=O)N3CCCCCC3)n2)oc2ccccc12. The molecule has 0 radical (unpaired) electrons. The van der Waals surface area contributed by atoms with Crippen LogP contribution in [-0.2, 0) is 0 Å². The Hall–Kier alpha value is -2.63. The molecule has 24 heavy (non-hydrogen) atoms. The minimum atomic E-state index is -0.190. The van der Waals surface area contributed by atoms with E-state index in [1.165, 1.54) is 0 Å². The first-order valence-corrected chi connectivity index (χ1v) is 8.35. The van der Waals surface area contributed by atoms with Crippen LogP contribution in [0.1, 0.15) is 41.9 Å². The lowest BCUT2D eigenvalue weighted by Gasteiger charge is -2.17. The molecule has 0 spiro atoms. The van der Waals surface area contributed by atoms with Gasteiger partial charge in [0.1, 0.15) is 5.58 Å². The largest absolute Gasteiger partial charge is 0.452 e. The van der Waals surface area contributed by atoms with E-state index in [-0.39, 0.29) is 11.8 Å². The molecule has 1 saturated heterocycles. The van der Waals surface area contributed by atoms with Gasteiger partial charge in [0.05, 0.1) is 0 Å². The molecule has 0 saturated carbocycles. The van der Waals surface area contributed by atoms with Crippen molar-refractivity contribution >= 4 is 16.9 Å². The number of para-hydroxylation sites is 1. The van der Waals surface area contributed by atoms with Crippen molar-refractivity contribution in [3.05, 3.63) is 35.7 Å². The monoisotopic (exact) mass is 325 g/mol. The number of carbonyl (C=O) groups excluding carboxylic acids is 1. The predicted molar refractivity (Wildman–Crippen MR) is 88.6 cm³/mol. The van der Waals surface area contributed by atoms with Crippen molar-refractivity contribution in [1.82, 2.24) is 15.0 Å². The van der Waals surface area contributed by atoms with Gasteiger partial charge in [0.2, 0.25) is 5.82 Å². The number of aromatic nitrogens is 2. The lowest BCUT2D eigenvalue weighted by Crippen LogP contribution is -2.32. The first-order chi connectivity index (χ1) is 11.7. The quantitative estimate of drug-likeness (QED) is 0.716. The van der Waals surface area contributed by atoms with Gasteiger partial charge in [0.15, 0.2) is 5.76 Å². The molecular formula is C18H19N3O3. The molecule has 6 nitrogen and oxygen atoms in total. The molecule has 1 aromatic carbocycles. The van der Waals surface area contributed by atoms with E-state index in [0.717, 1.165) is 55.3 Å². The van der Waals surface area contributed by atoms with Crippen LogP contribution >= 0.6 is 0 Å². The predicted octanol–water partition coefficient (Wildman–Crippen LogP) is 3.81. The summed E-state index contributed by atoms with van der Waals surface area (Å²) in [6.45, 7) is 3.45. The first-order valence-electron chi connectivity index (χ1n) is 8.35. The van der Waals surface area contributed by atoms with E-state index >= 15 is 0 Å². The zero-order chi connectivity index (χ0) is 16.5. The van der Waals surface area contributed by atoms with Gasteiger partial charge in [0, 0.05) is 24.0 Å². The molecule has 1 aliphatic rings. The molecule has 3 aromatic rings. The Morgan fingerprint density at radius 3 is 2.62 bits per heavy atom. The van der Waals surface area contributed by atoms with Crippen LogP contribution in [0.15, 0.2) is 33.2 Å². The molecule has 2 aromatic heterocycles. The molecule has 1 amide bonds. The Labute approximate surface area is 139 Å². The summed E-state index contributed by atoms with van der Waals surface area (Å²) < 4.78 is 11.0. The van der Waals surface area contributed by atoms with Crippen LogP contribution in [0.4, 0.5) is 0 Å². The fourth-order valence-electron chi connectivity index (χ4n) is 3.20. The fraction of sp³-hybridized carbons (Fsp3) is 0.389. The Balaban J connectivity index is 1.64. The Bertz CT molecular complexity index is 873. The van der Waals surface area contributed by atoms with Crippen LogP contribution in [0.2, 0.25) is 0 Å². The van der Waals surface area contributed by atoms with Crippen LogP contribution in [-0.4, -0.2) is 34.0 Å². The van der Waals surface area contributed by atoms with Crippen molar-refractivity contribution < 1.29 is 13.7 Å². The highest BCUT2D eigenvalue weighted by atomic mass is 16.5. The van der Waals surface area contributed by atoms with E-state index in [1.54, 1.807) is 4.90 Å². The van der Waals surface area contributed by atoms with Gasteiger partial charge in [-0.25, -0.2) is 0 Å². The number of benzene rings is 1. The summed E-state index contributed by atoms with van der Waals surface area (Å²) in [5, 5.41) is 4.97. The van der Waals surface area contributed by atoms with E-state index in [0.29, 0.717) is 11.6 Å². The minimum Gasteiger partial charge on any atom is -0.452 e. The van der Waals surface area contributed by atoms with Crippen LogP contribution in [0.5, 0.6) is 0 Å². The average molecular weight is 325 g/mol. The van der Waals surface area contributed by atoms with E-state index in [4.69, 9.17) is 8.94 Å². The summed E-state index contributed by atoms with van der Waals surface area (Å²) in [7, 11) is 0. The van der Waals surface area contributed by atoms with Crippen molar-refractivity contribution in [2.75, 3.05) is 13.1 Å². The number of fused-ring (bicyclic) bond motifs is 1. The molecule has 124 valence electrons. The number of furan rings is 1. The Morgan fingerprint density at radius 1 is 1.12 bits per heavy atom. The maximum Gasteiger partial charge on any atom is 0.316 e. The summed E-state index contributed by atoms with van der Waals surface area (Å²) >= 11 is 0. The molecule has 1 aliphatic heterocycles. The van der Waals surface area contributed by atoms with Gasteiger partial charge >= 0.3 is 11.8 Å². The van der Waals surface area contributed by atoms with Crippen LogP contribution in [0.3, 0.4) is 0 Å². The van der Waals surface area contributed by atoms with Crippen molar-refractivity contribution in [2.45, 2.75) is 32.6 Å². The second-order valence-electron chi connectivity index (χ2n) is 6.18. The Morgan fingerprint density at radius 2 is 1.88 bits per heavy atom. The van der Waals surface area contributed by atoms with Crippen LogP contribution in [0.25, 0.3) is 22.6 Å². The van der Waals surface area contributed by atoms with E-state index in [1.807, 2.05) is 31.2 Å². The molecule has 4 rings (SSSR count). The third-order valence-electron chi connectivity index (χ3n) is 4.55. The molecule has 0 atom stereocenters. The van der Waals surface area contributed by atoms with Crippen molar-refractivity contribution in [2.24, 2.45) is 0 Å². The lowest BCUT2D eigenvalue weighted by atomic mass is 10.1. The highest BCUT2D eigenvalue weighted by Gasteiger charge is 2.25. The van der Waals surface area contributed by atoms with Gasteiger partial charge in [-0.05, 0) is 25.8 Å². The maximum atomic E-state index is 12.6. The summed E-state index contributed by atoms with van der Waals surface area (Å²) in [5.41, 5.74) is 1.72. The van der Waals surface area contributed by atoms with Crippen LogP contribution in [0, 0.1) is 6.92 Å². The number of likely N-dealkylation sites (tertiary alicyclic amines) is 1. The number of hydrogen-bond acceptors (Lipinski definition) is 5. The molecule has 3 heterocycles. The zero-order valence-electron chi connectivity index (χ0n) is 13.6. The topological polar surface area (TPSA) is 72.4 Å². The minimum absolute atomic E-state index is 0.0340. The van der Waals surface area contributed by atoms with Gasteiger partial charge in [-0.15, -0.1) is 0 Å². The van der Waals surface area contributed by atoms with Gasteiger partial charge in [-0.1, -0.05) is 36.2 Å². The molecule has 0 unspecified atom stereocenters. The standard InChI is InChI=1S/C18H19N3O3/c1-12-13-8-4-5-9-14(13)23-15(12)16-19-17(24-20-16)18(22)21-10-6-2-3-7-11-21/h4-5,8-9H,2-3,6-7,10-11H2,1H3. The Kier molecular flexibility index (Phi) is 3.80. The number of aryl methyl sites for hydroxylation is 1. The number of amides is 1. The molecule has 1 fully saturated rings. The van der Waals surface area contributed by atoms with Crippen molar-refractivity contribution in [3.63, 3.8) is 0 Å². The second kappa shape index (κ2) is 6.11. The average Bonchev–Trinajstić information content (AvgIpc) is 3.10. The van der Waals surface area contributed by atoms with Gasteiger partial charge in [0.25, 0.3) is 0 Å². The summed E-state index contributed by atoms with van der Waals surface area (Å²) in [6.07, 6.45) is 4.37. The highest BCUT2D eigenvalue weighted by Crippen LogP contribution is 2.31. The van der Waals surface area contributed by atoms with E-state index in [9.17, 15) is 4.79 Å². The molecule has 0 aliphatic carbocycles. The van der Waals surface area contributed by atoms with Crippen molar-refractivity contribution in [3.8, 4) is 11.6 Å². The number of hydrogen-bond donors (Lipinski definition) is 0. The summed E-state index contributed by atoms with van der Waals surface area (Å²) in [4.78, 5) is 18.6. The highest BCUT2D eigenvalue weighted by molar-refractivity contribution is 5.90. The van der Waals surface area contributed by atoms with Crippen LogP contribution < -0.4 is 0 Å². The maximum absolute atomic E-state index is 12.6. The van der Waals surface area contributed by atoms with Crippen molar-refractivity contribution in [1.29, 1.82) is 0 Å². The normalized spacial score (nSPS) is 15.6.